The number of carbonyl (C=O) groups excluding carboxylic acids is 1. The molecule has 0 aliphatic carbocycles. The van der Waals surface area contributed by atoms with Crippen LogP contribution in [0.15, 0.2) is 18.2 Å². The number of carbonyl (C=O) groups is 1. The Balaban J connectivity index is 0. The van der Waals surface area contributed by atoms with E-state index in [4.69, 9.17) is 0 Å². The molecule has 3 heteroatoms. The van der Waals surface area contributed by atoms with Gasteiger partial charge in [0.05, 0.1) is 0 Å². The summed E-state index contributed by atoms with van der Waals surface area (Å²) in [5.41, 5.74) is 1.79. The van der Waals surface area contributed by atoms with E-state index in [0.29, 0.717) is 0 Å². The van der Waals surface area contributed by atoms with Crippen LogP contribution in [-0.2, 0) is 4.79 Å². The molecule has 0 radical (unpaired) electrons. The van der Waals surface area contributed by atoms with E-state index in [2.05, 4.69) is 11.4 Å². The monoisotopic (exact) mass is 217 g/mol. The van der Waals surface area contributed by atoms with Gasteiger partial charge in [-0.3, -0.25) is 4.79 Å². The third-order valence-corrected chi connectivity index (χ3v) is 1.37. The minimum absolute atomic E-state index is 0. The molecule has 0 saturated carbocycles. The van der Waals surface area contributed by atoms with Gasteiger partial charge in [-0.2, -0.15) is 24.3 Å². The summed E-state index contributed by atoms with van der Waals surface area (Å²) in [4.78, 5) is 10.6. The first kappa shape index (κ1) is 16.7. The molecule has 1 N–H and O–H groups in total. The summed E-state index contributed by atoms with van der Waals surface area (Å²) in [6.45, 7) is 7.42. The first-order valence-corrected chi connectivity index (χ1v) is 4.45. The van der Waals surface area contributed by atoms with Crippen molar-refractivity contribution in [3.05, 3.63) is 29.8 Å². The Morgan fingerprint density at radius 1 is 1.43 bits per heavy atom. The van der Waals surface area contributed by atoms with Gasteiger partial charge in [-0.05, 0) is 0 Å². The maximum Gasteiger partial charge on any atom is 1.00 e. The molecular formula is C11H16KNO. The molecule has 0 bridgehead atoms. The normalized spacial score (nSPS) is 7.71. The Morgan fingerprint density at radius 2 is 2.00 bits per heavy atom. The van der Waals surface area contributed by atoms with Crippen molar-refractivity contribution in [1.29, 1.82) is 0 Å². The van der Waals surface area contributed by atoms with E-state index in [1.807, 2.05) is 32.9 Å². The van der Waals surface area contributed by atoms with Crippen LogP contribution in [0.25, 0.3) is 0 Å². The smallest absolute Gasteiger partial charge is 0.350 e. The van der Waals surface area contributed by atoms with Crippen molar-refractivity contribution in [3.8, 4) is 0 Å². The number of para-hydroxylation sites is 1. The average Bonchev–Trinajstić information content (AvgIpc) is 2.12. The van der Waals surface area contributed by atoms with Gasteiger partial charge in [0.25, 0.3) is 0 Å². The predicted octanol–water partition coefficient (Wildman–Crippen LogP) is -0.216. The molecule has 1 aromatic carbocycles. The SMILES string of the molecule is CC.CC(=O)Nc1[c-]cccc1C.[K+]. The fraction of sp³-hybridized carbons (Fsp3) is 0.364. The molecule has 14 heavy (non-hydrogen) atoms. The molecule has 0 unspecified atom stereocenters. The standard InChI is InChI=1S/C9H10NO.C2H6.K/c1-7-5-3-4-6-9(7)10-8(2)11;1-2;/h3-5H,1-2H3,(H,10,11);1-2H3;/q-1;;+1. The van der Waals surface area contributed by atoms with E-state index >= 15 is 0 Å². The Labute approximate surface area is 129 Å². The van der Waals surface area contributed by atoms with E-state index in [1.165, 1.54) is 6.92 Å². The Morgan fingerprint density at radius 3 is 2.43 bits per heavy atom. The second-order valence-corrected chi connectivity index (χ2v) is 2.41. The number of benzene rings is 1. The first-order chi connectivity index (χ1) is 6.20. The van der Waals surface area contributed by atoms with Gasteiger partial charge in [0.2, 0.25) is 5.91 Å². The van der Waals surface area contributed by atoms with Crippen LogP contribution in [0.4, 0.5) is 5.69 Å². The van der Waals surface area contributed by atoms with Gasteiger partial charge in [-0.1, -0.05) is 26.5 Å². The number of amides is 1. The average molecular weight is 217 g/mol. The van der Waals surface area contributed by atoms with Crippen LogP contribution in [0, 0.1) is 13.0 Å². The molecule has 0 aliphatic heterocycles. The minimum Gasteiger partial charge on any atom is -0.350 e. The molecule has 1 aromatic rings. The van der Waals surface area contributed by atoms with Crippen molar-refractivity contribution in [2.24, 2.45) is 0 Å². The number of hydrogen-bond donors (Lipinski definition) is 1. The van der Waals surface area contributed by atoms with Crippen molar-refractivity contribution < 1.29 is 56.2 Å². The van der Waals surface area contributed by atoms with Gasteiger partial charge in [0.15, 0.2) is 0 Å². The largest absolute Gasteiger partial charge is 1.00 e. The number of anilines is 1. The van der Waals surface area contributed by atoms with Gasteiger partial charge >= 0.3 is 51.4 Å². The number of hydrogen-bond acceptors (Lipinski definition) is 1. The summed E-state index contributed by atoms with van der Waals surface area (Å²) in [7, 11) is 0. The van der Waals surface area contributed by atoms with Crippen LogP contribution < -0.4 is 56.7 Å². The van der Waals surface area contributed by atoms with Gasteiger partial charge in [-0.15, -0.1) is 5.56 Å². The van der Waals surface area contributed by atoms with Crippen molar-refractivity contribution >= 4 is 11.6 Å². The van der Waals surface area contributed by atoms with Gasteiger partial charge in [-0.25, -0.2) is 0 Å². The summed E-state index contributed by atoms with van der Waals surface area (Å²) in [5.74, 6) is -0.0597. The summed E-state index contributed by atoms with van der Waals surface area (Å²) in [6.07, 6.45) is 0. The fourth-order valence-corrected chi connectivity index (χ4v) is 0.832. The maximum absolute atomic E-state index is 10.6. The predicted molar refractivity (Wildman–Crippen MR) is 55.7 cm³/mol. The zero-order valence-electron chi connectivity index (χ0n) is 9.64. The van der Waals surface area contributed by atoms with E-state index in [9.17, 15) is 4.79 Å². The van der Waals surface area contributed by atoms with Crippen LogP contribution >= 0.6 is 0 Å². The number of nitrogens with one attached hydrogen (secondary N) is 1. The molecule has 0 aliphatic rings. The van der Waals surface area contributed by atoms with Crippen LogP contribution in [0.5, 0.6) is 0 Å². The summed E-state index contributed by atoms with van der Waals surface area (Å²) in [5, 5.41) is 2.68. The zero-order valence-corrected chi connectivity index (χ0v) is 12.8. The van der Waals surface area contributed by atoms with Crippen molar-refractivity contribution in [2.45, 2.75) is 27.7 Å². The number of rotatable bonds is 1. The van der Waals surface area contributed by atoms with Crippen LogP contribution in [-0.4, -0.2) is 5.91 Å². The van der Waals surface area contributed by atoms with E-state index < -0.39 is 0 Å². The molecule has 2 nitrogen and oxygen atoms in total. The van der Waals surface area contributed by atoms with E-state index in [1.54, 1.807) is 6.07 Å². The summed E-state index contributed by atoms with van der Waals surface area (Å²) in [6, 6.07) is 8.53. The van der Waals surface area contributed by atoms with Crippen LogP contribution in [0.1, 0.15) is 26.3 Å². The second-order valence-electron chi connectivity index (χ2n) is 2.41. The molecule has 0 heterocycles. The molecule has 0 spiro atoms. The van der Waals surface area contributed by atoms with Crippen LogP contribution in [0.3, 0.4) is 0 Å². The molecule has 72 valence electrons. The van der Waals surface area contributed by atoms with Crippen LogP contribution in [0.2, 0.25) is 0 Å². The Kier molecular flexibility index (Phi) is 11.8. The molecule has 1 amide bonds. The third kappa shape index (κ3) is 6.73. The van der Waals surface area contributed by atoms with Crippen molar-refractivity contribution in [1.82, 2.24) is 0 Å². The van der Waals surface area contributed by atoms with Gasteiger partial charge in [0, 0.05) is 6.92 Å². The molecule has 1 rings (SSSR count). The van der Waals surface area contributed by atoms with Gasteiger partial charge in [0.1, 0.15) is 0 Å². The van der Waals surface area contributed by atoms with Gasteiger partial charge < -0.3 is 5.32 Å². The number of aryl methyl sites for hydroxylation is 1. The van der Waals surface area contributed by atoms with Crippen molar-refractivity contribution in [3.63, 3.8) is 0 Å². The quantitative estimate of drug-likeness (QED) is 0.511. The zero-order chi connectivity index (χ0) is 10.3. The maximum atomic E-state index is 10.6. The van der Waals surface area contributed by atoms with Crippen molar-refractivity contribution in [2.75, 3.05) is 5.32 Å². The fourth-order valence-electron chi connectivity index (χ4n) is 0.832. The molecule has 0 atom stereocenters. The van der Waals surface area contributed by atoms with E-state index in [0.717, 1.165) is 11.3 Å². The first-order valence-electron chi connectivity index (χ1n) is 4.45. The van der Waals surface area contributed by atoms with E-state index in [-0.39, 0.29) is 57.3 Å². The minimum atomic E-state index is -0.0597. The molecule has 0 saturated heterocycles. The summed E-state index contributed by atoms with van der Waals surface area (Å²) >= 11 is 0. The Hall–Kier alpha value is 0.326. The Bertz CT molecular complexity index is 274. The molecule has 0 aromatic heterocycles. The molecule has 0 fully saturated rings. The third-order valence-electron chi connectivity index (χ3n) is 1.37. The second kappa shape index (κ2) is 9.87. The molecular weight excluding hydrogens is 201 g/mol. The topological polar surface area (TPSA) is 29.1 Å². The summed E-state index contributed by atoms with van der Waals surface area (Å²) < 4.78 is 0.